The summed E-state index contributed by atoms with van der Waals surface area (Å²) >= 11 is 0. The molecule has 0 aliphatic heterocycles. The van der Waals surface area contributed by atoms with E-state index in [1.54, 1.807) is 11.1 Å². The highest BCUT2D eigenvalue weighted by Crippen LogP contribution is 2.31. The molecule has 30 heavy (non-hydrogen) atoms. The van der Waals surface area contributed by atoms with E-state index in [9.17, 15) is 0 Å². The second-order valence-corrected chi connectivity index (χ2v) is 9.01. The van der Waals surface area contributed by atoms with Crippen LogP contribution < -0.4 is 10.4 Å². The van der Waals surface area contributed by atoms with Crippen molar-refractivity contribution in [3.05, 3.63) is 91.7 Å². The van der Waals surface area contributed by atoms with Gasteiger partial charge in [0, 0.05) is 18.3 Å². The summed E-state index contributed by atoms with van der Waals surface area (Å²) < 4.78 is 0. The molecule has 0 saturated heterocycles. The van der Waals surface area contributed by atoms with Crippen molar-refractivity contribution < 1.29 is 0 Å². The number of hydrogen-bond acceptors (Lipinski definition) is 2. The Morgan fingerprint density at radius 1 is 0.967 bits per heavy atom. The smallest absolute Gasteiger partial charge is 0.0587 e. The maximum Gasteiger partial charge on any atom is 0.0587 e. The maximum atomic E-state index is 4.61. The Kier molecular flexibility index (Phi) is 5.02. The van der Waals surface area contributed by atoms with Crippen molar-refractivity contribution in [1.82, 2.24) is 9.97 Å². The fourth-order valence-electron chi connectivity index (χ4n) is 5.13. The minimum absolute atomic E-state index is 0.430. The van der Waals surface area contributed by atoms with Crippen LogP contribution in [0.15, 0.2) is 42.7 Å². The van der Waals surface area contributed by atoms with E-state index in [4.69, 9.17) is 0 Å². The zero-order chi connectivity index (χ0) is 20.7. The molecule has 0 fully saturated rings. The van der Waals surface area contributed by atoms with Crippen LogP contribution in [0.1, 0.15) is 60.7 Å². The highest BCUT2D eigenvalue weighted by molar-refractivity contribution is 5.52. The number of nitrogens with zero attached hydrogens (tertiary/aromatic N) is 2. The summed E-state index contributed by atoms with van der Waals surface area (Å²) in [6.07, 6.45) is 14.4. The van der Waals surface area contributed by atoms with Crippen LogP contribution in [0.4, 0.5) is 0 Å². The zero-order valence-electron chi connectivity index (χ0n) is 18.3. The fourth-order valence-corrected chi connectivity index (χ4v) is 5.13. The summed E-state index contributed by atoms with van der Waals surface area (Å²) in [7, 11) is 0. The van der Waals surface area contributed by atoms with Gasteiger partial charge in [-0.3, -0.25) is 9.97 Å². The van der Waals surface area contributed by atoms with Gasteiger partial charge in [0.2, 0.25) is 0 Å². The van der Waals surface area contributed by atoms with Crippen LogP contribution in [-0.4, -0.2) is 9.97 Å². The molecule has 2 aromatic carbocycles. The summed E-state index contributed by atoms with van der Waals surface area (Å²) in [5, 5.41) is 5.69. The molecule has 0 N–H and O–H groups in total. The third kappa shape index (κ3) is 3.49. The predicted octanol–water partition coefficient (Wildman–Crippen LogP) is 4.51. The Bertz CT molecular complexity index is 1300. The monoisotopic (exact) mass is 394 g/mol. The van der Waals surface area contributed by atoms with E-state index in [0.29, 0.717) is 11.8 Å². The summed E-state index contributed by atoms with van der Waals surface area (Å²) in [6, 6.07) is 11.8. The molecule has 0 saturated carbocycles. The van der Waals surface area contributed by atoms with E-state index in [1.165, 1.54) is 39.3 Å². The van der Waals surface area contributed by atoms with Gasteiger partial charge in [-0.05, 0) is 82.5 Å². The molecule has 2 aliphatic rings. The highest BCUT2D eigenvalue weighted by atomic mass is 14.8. The Morgan fingerprint density at radius 2 is 1.83 bits per heavy atom. The third-order valence-corrected chi connectivity index (χ3v) is 6.82. The van der Waals surface area contributed by atoms with E-state index < -0.39 is 0 Å². The lowest BCUT2D eigenvalue weighted by Crippen LogP contribution is -2.24. The Hall–Kier alpha value is -2.74. The van der Waals surface area contributed by atoms with Gasteiger partial charge in [0.1, 0.15) is 0 Å². The summed E-state index contributed by atoms with van der Waals surface area (Å²) in [5.74, 6) is 1.10. The van der Waals surface area contributed by atoms with Crippen LogP contribution in [0, 0.1) is 23.3 Å². The van der Waals surface area contributed by atoms with E-state index in [-0.39, 0.29) is 0 Å². The van der Waals surface area contributed by atoms with Crippen molar-refractivity contribution in [3.8, 4) is 0 Å². The number of fused-ring (bicyclic) bond motifs is 4. The molecule has 2 atom stereocenters. The zero-order valence-corrected chi connectivity index (χ0v) is 18.3. The number of benzene rings is 2. The second kappa shape index (κ2) is 7.83. The van der Waals surface area contributed by atoms with Gasteiger partial charge in [-0.15, -0.1) is 0 Å². The van der Waals surface area contributed by atoms with Gasteiger partial charge in [-0.1, -0.05) is 56.3 Å². The van der Waals surface area contributed by atoms with Crippen LogP contribution in [0.3, 0.4) is 0 Å². The van der Waals surface area contributed by atoms with Gasteiger partial charge in [-0.2, -0.15) is 0 Å². The standard InChI is InChI=1S/C28H30N2/c1-4-20-6-11-25-23(14-20)15-22(7-9-24-17-29-19(3)16-30-24)28-26-10-5-18(2)13-21(26)8-12-27(25)28/h6,8,11-18,22H,4-5,7,9-10H2,1-3H3. The van der Waals surface area contributed by atoms with Crippen LogP contribution in [-0.2, 0) is 19.3 Å². The lowest BCUT2D eigenvalue weighted by Gasteiger charge is -2.25. The average Bonchev–Trinajstić information content (AvgIpc) is 2.77. The number of aromatic nitrogens is 2. The molecule has 3 aromatic rings. The second-order valence-electron chi connectivity index (χ2n) is 9.01. The predicted molar refractivity (Wildman–Crippen MR) is 123 cm³/mol. The number of hydrogen-bond donors (Lipinski definition) is 0. The van der Waals surface area contributed by atoms with E-state index in [0.717, 1.165) is 30.7 Å². The minimum atomic E-state index is 0.430. The molecule has 1 heterocycles. The molecule has 0 radical (unpaired) electrons. The van der Waals surface area contributed by atoms with Gasteiger partial charge in [0.15, 0.2) is 0 Å². The molecular weight excluding hydrogens is 364 g/mol. The summed E-state index contributed by atoms with van der Waals surface area (Å²) in [6.45, 7) is 6.57. The van der Waals surface area contributed by atoms with Crippen molar-refractivity contribution in [2.24, 2.45) is 5.92 Å². The molecule has 5 rings (SSSR count). The first kappa shape index (κ1) is 19.2. The van der Waals surface area contributed by atoms with Crippen molar-refractivity contribution in [3.63, 3.8) is 0 Å². The third-order valence-electron chi connectivity index (χ3n) is 6.82. The van der Waals surface area contributed by atoms with Gasteiger partial charge >= 0.3 is 0 Å². The Labute approximate surface area is 178 Å². The number of aryl methyl sites for hydroxylation is 3. The molecule has 1 aromatic heterocycles. The van der Waals surface area contributed by atoms with E-state index >= 15 is 0 Å². The minimum Gasteiger partial charge on any atom is -0.258 e. The average molecular weight is 395 g/mol. The molecule has 2 nitrogen and oxygen atoms in total. The van der Waals surface area contributed by atoms with Crippen LogP contribution in [0.5, 0.6) is 0 Å². The van der Waals surface area contributed by atoms with Crippen LogP contribution in [0.2, 0.25) is 0 Å². The highest BCUT2D eigenvalue weighted by Gasteiger charge is 2.21. The molecular formula is C28H30N2. The molecule has 152 valence electrons. The van der Waals surface area contributed by atoms with Crippen LogP contribution in [0.25, 0.3) is 12.2 Å². The fraction of sp³-hybridized carbons (Fsp3) is 0.357. The van der Waals surface area contributed by atoms with Crippen molar-refractivity contribution in [1.29, 1.82) is 0 Å². The molecule has 0 bridgehead atoms. The Morgan fingerprint density at radius 3 is 2.63 bits per heavy atom. The lowest BCUT2D eigenvalue weighted by atomic mass is 9.79. The van der Waals surface area contributed by atoms with Gasteiger partial charge < -0.3 is 0 Å². The first-order chi connectivity index (χ1) is 14.6. The first-order valence-corrected chi connectivity index (χ1v) is 11.4. The molecule has 0 amide bonds. The summed E-state index contributed by atoms with van der Waals surface area (Å²) in [4.78, 5) is 9.05. The first-order valence-electron chi connectivity index (χ1n) is 11.4. The quantitative estimate of drug-likeness (QED) is 0.651. The van der Waals surface area contributed by atoms with Crippen molar-refractivity contribution >= 4 is 12.2 Å². The molecule has 2 unspecified atom stereocenters. The van der Waals surface area contributed by atoms with Crippen LogP contribution >= 0.6 is 0 Å². The summed E-state index contributed by atoms with van der Waals surface area (Å²) in [5.41, 5.74) is 6.62. The topological polar surface area (TPSA) is 25.8 Å². The molecule has 2 aliphatic carbocycles. The van der Waals surface area contributed by atoms with Gasteiger partial charge in [0.05, 0.1) is 11.4 Å². The van der Waals surface area contributed by atoms with Crippen molar-refractivity contribution in [2.45, 2.75) is 58.8 Å². The van der Waals surface area contributed by atoms with Crippen molar-refractivity contribution in [2.75, 3.05) is 0 Å². The lowest BCUT2D eigenvalue weighted by molar-refractivity contribution is 0.645. The molecule has 2 heteroatoms. The maximum absolute atomic E-state index is 4.61. The SMILES string of the molecule is CCc1ccc2c(c1)=CC(CCc1cnc(C)cn1)c1c3c(ccc1=2)=CC(C)CC3. The number of rotatable bonds is 4. The Balaban J connectivity index is 1.67. The molecule has 0 spiro atoms. The van der Waals surface area contributed by atoms with E-state index in [2.05, 4.69) is 66.3 Å². The van der Waals surface area contributed by atoms with E-state index in [1.807, 2.05) is 19.3 Å². The van der Waals surface area contributed by atoms with Gasteiger partial charge in [0.25, 0.3) is 0 Å². The normalized spacial score (nSPS) is 19.2. The largest absolute Gasteiger partial charge is 0.258 e. The van der Waals surface area contributed by atoms with Gasteiger partial charge in [-0.25, -0.2) is 0 Å².